The van der Waals surface area contributed by atoms with E-state index in [1.807, 2.05) is 37.3 Å². The number of nitrogens with one attached hydrogen (secondary N) is 1. The normalized spacial score (nSPS) is 26.0. The highest BCUT2D eigenvalue weighted by molar-refractivity contribution is 5.86. The first-order chi connectivity index (χ1) is 14.5. The smallest absolute Gasteiger partial charge is 0.323 e. The molecule has 30 heavy (non-hydrogen) atoms. The molecule has 1 heterocycles. The molecule has 0 radical (unpaired) electrons. The van der Waals surface area contributed by atoms with Crippen molar-refractivity contribution >= 4 is 18.2 Å². The van der Waals surface area contributed by atoms with Crippen LogP contribution in [0.4, 0.5) is 0 Å². The highest BCUT2D eigenvalue weighted by atomic mass is 16.5. The summed E-state index contributed by atoms with van der Waals surface area (Å²) in [5, 5.41) is 12.7. The Hall–Kier alpha value is -2.25. The topological polar surface area (TPSA) is 95.9 Å². The molecule has 7 nitrogen and oxygen atoms in total. The minimum absolute atomic E-state index is 0.0120. The summed E-state index contributed by atoms with van der Waals surface area (Å²) in [6.07, 6.45) is 5.34. The number of hydrogen-bond acceptors (Lipinski definition) is 5. The van der Waals surface area contributed by atoms with Crippen LogP contribution in [0.3, 0.4) is 0 Å². The number of carbonyl (C=O) groups excluding carboxylic acids is 2. The Morgan fingerprint density at radius 3 is 2.70 bits per heavy atom. The van der Waals surface area contributed by atoms with Gasteiger partial charge in [-0.05, 0) is 44.1 Å². The van der Waals surface area contributed by atoms with Crippen LogP contribution in [0, 0.1) is 5.92 Å². The summed E-state index contributed by atoms with van der Waals surface area (Å²) in [5.41, 5.74) is 0.910. The van der Waals surface area contributed by atoms with E-state index in [0.29, 0.717) is 25.4 Å². The number of fused-ring (bicyclic) bond motifs is 1. The van der Waals surface area contributed by atoms with Crippen LogP contribution in [0.15, 0.2) is 30.3 Å². The van der Waals surface area contributed by atoms with E-state index in [4.69, 9.17) is 4.74 Å². The quantitative estimate of drug-likeness (QED) is 0.450. The molecule has 1 amide bonds. The molecule has 1 aromatic rings. The summed E-state index contributed by atoms with van der Waals surface area (Å²) in [4.78, 5) is 38.0. The zero-order valence-electron chi connectivity index (χ0n) is 17.5. The fourth-order valence-electron chi connectivity index (χ4n) is 4.94. The van der Waals surface area contributed by atoms with E-state index in [9.17, 15) is 19.5 Å². The number of rotatable bonds is 10. The lowest BCUT2D eigenvalue weighted by Crippen LogP contribution is -2.53. The van der Waals surface area contributed by atoms with Gasteiger partial charge in [0, 0.05) is 25.0 Å². The summed E-state index contributed by atoms with van der Waals surface area (Å²) in [6, 6.07) is 9.02. The monoisotopic (exact) mass is 416 g/mol. The standard InChI is InChI=1S/C23H32N2O5/c1-2-30-21(13-18(15-26)16-7-4-3-5-8-16)24-19-12-11-17-9-6-10-20(17)25(23(19)29)14-22(27)28/h3-5,7-8,15,17-21,24H,2,6,9-14H2,1H3,(H,27,28)/t17?,18-,19?,20?,21?/m1/s1. The zero-order valence-corrected chi connectivity index (χ0v) is 17.5. The van der Waals surface area contributed by atoms with E-state index in [-0.39, 0.29) is 24.4 Å². The van der Waals surface area contributed by atoms with Crippen LogP contribution in [0.1, 0.15) is 56.9 Å². The van der Waals surface area contributed by atoms with E-state index in [2.05, 4.69) is 5.32 Å². The van der Waals surface area contributed by atoms with Crippen LogP contribution >= 0.6 is 0 Å². The van der Waals surface area contributed by atoms with E-state index >= 15 is 0 Å². The van der Waals surface area contributed by atoms with Crippen LogP contribution in [-0.2, 0) is 19.1 Å². The molecule has 5 atom stereocenters. The second kappa shape index (κ2) is 10.7. The van der Waals surface area contributed by atoms with Crippen LogP contribution in [0.25, 0.3) is 0 Å². The van der Waals surface area contributed by atoms with Crippen molar-refractivity contribution in [2.45, 2.75) is 69.7 Å². The number of nitrogens with zero attached hydrogens (tertiary/aromatic N) is 1. The molecule has 1 saturated heterocycles. The molecule has 4 unspecified atom stereocenters. The summed E-state index contributed by atoms with van der Waals surface area (Å²) in [5.74, 6) is -1.14. The predicted octanol–water partition coefficient (Wildman–Crippen LogP) is 2.56. The van der Waals surface area contributed by atoms with Crippen molar-refractivity contribution in [3.05, 3.63) is 35.9 Å². The minimum Gasteiger partial charge on any atom is -0.480 e. The Balaban J connectivity index is 1.74. The van der Waals surface area contributed by atoms with Gasteiger partial charge in [0.2, 0.25) is 5.91 Å². The first kappa shape index (κ1) is 22.4. The van der Waals surface area contributed by atoms with Gasteiger partial charge in [-0.25, -0.2) is 0 Å². The van der Waals surface area contributed by atoms with Gasteiger partial charge in [-0.1, -0.05) is 36.8 Å². The molecule has 1 aromatic carbocycles. The average Bonchev–Trinajstić information content (AvgIpc) is 3.17. The number of carboxylic acid groups (broad SMARTS) is 1. The van der Waals surface area contributed by atoms with Gasteiger partial charge in [0.15, 0.2) is 0 Å². The molecule has 0 spiro atoms. The summed E-state index contributed by atoms with van der Waals surface area (Å²) < 4.78 is 5.84. The first-order valence-corrected chi connectivity index (χ1v) is 10.9. The number of benzene rings is 1. The van der Waals surface area contributed by atoms with Crippen LogP contribution < -0.4 is 5.32 Å². The molecule has 1 saturated carbocycles. The maximum Gasteiger partial charge on any atom is 0.323 e. The number of amides is 1. The van der Waals surface area contributed by atoms with Gasteiger partial charge in [0.25, 0.3) is 0 Å². The molecule has 3 rings (SSSR count). The first-order valence-electron chi connectivity index (χ1n) is 10.9. The molecule has 1 aliphatic carbocycles. The van der Waals surface area contributed by atoms with E-state index in [1.165, 1.54) is 0 Å². The number of likely N-dealkylation sites (tertiary alicyclic amines) is 1. The number of aldehydes is 1. The Kier molecular flexibility index (Phi) is 7.99. The van der Waals surface area contributed by atoms with Gasteiger partial charge in [0.1, 0.15) is 19.1 Å². The maximum atomic E-state index is 13.3. The second-order valence-electron chi connectivity index (χ2n) is 8.25. The zero-order chi connectivity index (χ0) is 21.5. The summed E-state index contributed by atoms with van der Waals surface area (Å²) >= 11 is 0. The number of aliphatic carboxylic acids is 1. The average molecular weight is 417 g/mol. The lowest BCUT2D eigenvalue weighted by atomic mass is 9.95. The Morgan fingerprint density at radius 2 is 2.03 bits per heavy atom. The van der Waals surface area contributed by atoms with Crippen LogP contribution in [0.5, 0.6) is 0 Å². The van der Waals surface area contributed by atoms with E-state index < -0.39 is 18.2 Å². The molecule has 2 fully saturated rings. The number of ether oxygens (including phenoxy) is 1. The van der Waals surface area contributed by atoms with Crippen LogP contribution in [-0.4, -0.2) is 59.6 Å². The highest BCUT2D eigenvalue weighted by Crippen LogP contribution is 2.36. The Morgan fingerprint density at radius 1 is 1.27 bits per heavy atom. The third-order valence-electron chi connectivity index (χ3n) is 6.35. The summed E-state index contributed by atoms with van der Waals surface area (Å²) in [7, 11) is 0. The largest absolute Gasteiger partial charge is 0.480 e. The number of hydrogen-bond donors (Lipinski definition) is 2. The van der Waals surface area contributed by atoms with E-state index in [1.54, 1.807) is 4.90 Å². The Labute approximate surface area is 177 Å². The van der Waals surface area contributed by atoms with Gasteiger partial charge < -0.3 is 19.5 Å². The van der Waals surface area contributed by atoms with Crippen molar-refractivity contribution < 1.29 is 24.2 Å². The van der Waals surface area contributed by atoms with Crippen molar-refractivity contribution in [3.63, 3.8) is 0 Å². The van der Waals surface area contributed by atoms with Crippen molar-refractivity contribution in [2.24, 2.45) is 5.92 Å². The SMILES string of the molecule is CCOC(C[C@H](C=O)c1ccccc1)NC1CCC2CCCC2N(CC(=O)O)C1=O. The predicted molar refractivity (Wildman–Crippen MR) is 112 cm³/mol. The molecule has 2 N–H and O–H groups in total. The number of carbonyl (C=O) groups is 3. The van der Waals surface area contributed by atoms with Crippen molar-refractivity contribution in [1.82, 2.24) is 10.2 Å². The van der Waals surface area contributed by atoms with Gasteiger partial charge in [-0.2, -0.15) is 0 Å². The van der Waals surface area contributed by atoms with Gasteiger partial charge >= 0.3 is 5.97 Å². The van der Waals surface area contributed by atoms with Gasteiger partial charge in [-0.3, -0.25) is 14.9 Å². The molecule has 2 aliphatic rings. The molecule has 7 heteroatoms. The Bertz CT molecular complexity index is 726. The van der Waals surface area contributed by atoms with E-state index in [0.717, 1.165) is 37.5 Å². The summed E-state index contributed by atoms with van der Waals surface area (Å²) in [6.45, 7) is 2.06. The minimum atomic E-state index is -0.985. The molecule has 0 bridgehead atoms. The third kappa shape index (κ3) is 5.46. The van der Waals surface area contributed by atoms with Crippen molar-refractivity contribution in [1.29, 1.82) is 0 Å². The number of carboxylic acids is 1. The second-order valence-corrected chi connectivity index (χ2v) is 8.25. The molecule has 0 aromatic heterocycles. The molecule has 164 valence electrons. The fourth-order valence-corrected chi connectivity index (χ4v) is 4.94. The lowest BCUT2D eigenvalue weighted by Gasteiger charge is -2.32. The lowest BCUT2D eigenvalue weighted by molar-refractivity contribution is -0.147. The highest BCUT2D eigenvalue weighted by Gasteiger charge is 2.41. The van der Waals surface area contributed by atoms with Crippen molar-refractivity contribution in [2.75, 3.05) is 13.2 Å². The maximum absolute atomic E-state index is 13.3. The molecular formula is C23H32N2O5. The van der Waals surface area contributed by atoms with Gasteiger partial charge in [0.05, 0.1) is 6.04 Å². The third-order valence-corrected chi connectivity index (χ3v) is 6.35. The molecule has 1 aliphatic heterocycles. The fraction of sp³-hybridized carbons (Fsp3) is 0.609. The molecular weight excluding hydrogens is 384 g/mol. The van der Waals surface area contributed by atoms with Crippen molar-refractivity contribution in [3.8, 4) is 0 Å². The van der Waals surface area contributed by atoms with Crippen LogP contribution in [0.2, 0.25) is 0 Å². The van der Waals surface area contributed by atoms with Gasteiger partial charge in [-0.15, -0.1) is 0 Å².